The molecule has 4 rings (SSSR count). The van der Waals surface area contributed by atoms with E-state index < -0.39 is 0 Å². The number of ether oxygens (including phenoxy) is 1. The molecule has 0 radical (unpaired) electrons. The molecule has 7 nitrogen and oxygen atoms in total. The van der Waals surface area contributed by atoms with Crippen LogP contribution in [0.5, 0.6) is 5.75 Å². The summed E-state index contributed by atoms with van der Waals surface area (Å²) >= 11 is 1.43. The maximum atomic E-state index is 12.8. The SMILES string of the molecule is COc1cc2nc(CCCO)ccc2cc1NC(=O)c1csc2cncnc12. The van der Waals surface area contributed by atoms with E-state index in [1.165, 1.54) is 17.7 Å². The van der Waals surface area contributed by atoms with Gasteiger partial charge in [-0.2, -0.15) is 0 Å². The summed E-state index contributed by atoms with van der Waals surface area (Å²) in [6.45, 7) is 0.135. The smallest absolute Gasteiger partial charge is 0.258 e. The number of methoxy groups -OCH3 is 1. The molecule has 142 valence electrons. The Morgan fingerprint density at radius 1 is 1.32 bits per heavy atom. The Morgan fingerprint density at radius 2 is 2.21 bits per heavy atom. The highest BCUT2D eigenvalue weighted by Gasteiger charge is 2.16. The van der Waals surface area contributed by atoms with Crippen LogP contribution in [0.25, 0.3) is 21.1 Å². The van der Waals surface area contributed by atoms with Gasteiger partial charge in [0, 0.05) is 35.3 Å². The first-order chi connectivity index (χ1) is 13.7. The lowest BCUT2D eigenvalue weighted by Gasteiger charge is -2.12. The van der Waals surface area contributed by atoms with E-state index in [-0.39, 0.29) is 12.5 Å². The molecular weight excluding hydrogens is 376 g/mol. The van der Waals surface area contributed by atoms with Gasteiger partial charge in [-0.05, 0) is 25.0 Å². The fourth-order valence-electron chi connectivity index (χ4n) is 2.99. The van der Waals surface area contributed by atoms with Crippen LogP contribution in [0.3, 0.4) is 0 Å². The van der Waals surface area contributed by atoms with E-state index in [1.807, 2.05) is 18.2 Å². The van der Waals surface area contributed by atoms with E-state index in [0.717, 1.165) is 21.3 Å². The average Bonchev–Trinajstić information content (AvgIpc) is 3.16. The molecule has 0 aliphatic rings. The molecule has 0 atom stereocenters. The molecule has 1 amide bonds. The third-order valence-corrected chi connectivity index (χ3v) is 5.30. The normalized spacial score (nSPS) is 11.1. The molecular formula is C20H18N4O3S. The van der Waals surface area contributed by atoms with Crippen LogP contribution in [0, 0.1) is 0 Å². The summed E-state index contributed by atoms with van der Waals surface area (Å²) in [5.74, 6) is 0.275. The van der Waals surface area contributed by atoms with Crippen LogP contribution in [-0.4, -0.2) is 39.7 Å². The van der Waals surface area contributed by atoms with Gasteiger partial charge < -0.3 is 15.2 Å². The number of nitrogens with one attached hydrogen (secondary N) is 1. The van der Waals surface area contributed by atoms with Gasteiger partial charge in [-0.3, -0.25) is 9.78 Å². The zero-order chi connectivity index (χ0) is 19.5. The van der Waals surface area contributed by atoms with Crippen LogP contribution in [0.2, 0.25) is 0 Å². The second-order valence-electron chi connectivity index (χ2n) is 6.21. The molecule has 0 unspecified atom stereocenters. The zero-order valence-electron chi connectivity index (χ0n) is 15.2. The molecule has 0 aliphatic carbocycles. The Kier molecular flexibility index (Phi) is 5.14. The largest absolute Gasteiger partial charge is 0.494 e. The minimum Gasteiger partial charge on any atom is -0.494 e. The molecule has 0 spiro atoms. The van der Waals surface area contributed by atoms with Crippen LogP contribution in [0.15, 0.2) is 42.2 Å². The molecule has 0 saturated carbocycles. The van der Waals surface area contributed by atoms with E-state index in [2.05, 4.69) is 20.3 Å². The molecule has 0 bridgehead atoms. The number of amides is 1. The van der Waals surface area contributed by atoms with Crippen LogP contribution in [0.4, 0.5) is 5.69 Å². The second-order valence-corrected chi connectivity index (χ2v) is 7.13. The summed E-state index contributed by atoms with van der Waals surface area (Å²) in [7, 11) is 1.56. The number of pyridine rings is 1. The van der Waals surface area contributed by atoms with Gasteiger partial charge in [0.2, 0.25) is 0 Å². The molecule has 3 heterocycles. The van der Waals surface area contributed by atoms with Gasteiger partial charge in [0.25, 0.3) is 5.91 Å². The number of benzene rings is 1. The molecule has 2 N–H and O–H groups in total. The fourth-order valence-corrected chi connectivity index (χ4v) is 3.85. The van der Waals surface area contributed by atoms with Crippen LogP contribution < -0.4 is 10.1 Å². The number of hydrogen-bond donors (Lipinski definition) is 2. The van der Waals surface area contributed by atoms with Crippen LogP contribution >= 0.6 is 11.3 Å². The lowest BCUT2D eigenvalue weighted by atomic mass is 10.1. The van der Waals surface area contributed by atoms with E-state index in [4.69, 9.17) is 9.84 Å². The quantitative estimate of drug-likeness (QED) is 0.520. The van der Waals surface area contributed by atoms with Gasteiger partial charge in [-0.15, -0.1) is 11.3 Å². The summed E-state index contributed by atoms with van der Waals surface area (Å²) < 4.78 is 6.32. The molecule has 0 fully saturated rings. The molecule has 1 aromatic carbocycles. The van der Waals surface area contributed by atoms with Crippen molar-refractivity contribution >= 4 is 44.1 Å². The maximum Gasteiger partial charge on any atom is 0.258 e. The number of nitrogens with zero attached hydrogens (tertiary/aromatic N) is 3. The Labute approximate surface area is 165 Å². The molecule has 0 aliphatic heterocycles. The van der Waals surface area contributed by atoms with Crippen molar-refractivity contribution < 1.29 is 14.6 Å². The third-order valence-electron chi connectivity index (χ3n) is 4.39. The predicted molar refractivity (Wildman–Crippen MR) is 109 cm³/mol. The molecule has 8 heteroatoms. The number of thiophene rings is 1. The third kappa shape index (κ3) is 3.51. The van der Waals surface area contributed by atoms with Gasteiger partial charge in [0.05, 0.1) is 34.1 Å². The number of carbonyl (C=O) groups excluding carboxylic acids is 1. The summed E-state index contributed by atoms with van der Waals surface area (Å²) in [6, 6.07) is 7.54. The van der Waals surface area contributed by atoms with Gasteiger partial charge in [-0.25, -0.2) is 9.97 Å². The number of aromatic nitrogens is 3. The van der Waals surface area contributed by atoms with Crippen LogP contribution in [-0.2, 0) is 6.42 Å². The van der Waals surface area contributed by atoms with Crippen molar-refractivity contribution in [2.24, 2.45) is 0 Å². The summed E-state index contributed by atoms with van der Waals surface area (Å²) in [4.78, 5) is 25.6. The Hall–Kier alpha value is -3.10. The first-order valence-electron chi connectivity index (χ1n) is 8.76. The van der Waals surface area contributed by atoms with Gasteiger partial charge in [-0.1, -0.05) is 6.07 Å². The van der Waals surface area contributed by atoms with Gasteiger partial charge >= 0.3 is 0 Å². The average molecular weight is 394 g/mol. The number of carbonyl (C=O) groups is 1. The Balaban J connectivity index is 1.66. The molecule has 0 saturated heterocycles. The first kappa shape index (κ1) is 18.3. The van der Waals surface area contributed by atoms with E-state index in [0.29, 0.717) is 35.4 Å². The monoisotopic (exact) mass is 394 g/mol. The highest BCUT2D eigenvalue weighted by Crippen LogP contribution is 2.31. The van der Waals surface area contributed by atoms with Crippen molar-refractivity contribution in [3.05, 3.63) is 53.4 Å². The number of aliphatic hydroxyl groups is 1. The lowest BCUT2D eigenvalue weighted by Crippen LogP contribution is -2.12. The van der Waals surface area contributed by atoms with Crippen molar-refractivity contribution in [2.75, 3.05) is 19.0 Å². The van der Waals surface area contributed by atoms with Gasteiger partial charge in [0.15, 0.2) is 0 Å². The summed E-state index contributed by atoms with van der Waals surface area (Å²) in [5, 5.41) is 14.6. The number of anilines is 1. The Bertz CT molecular complexity index is 1160. The standard InChI is InChI=1S/C20H18N4O3S/c1-27-17-8-15-12(4-5-13(23-15)3-2-6-25)7-16(17)24-20(26)14-10-28-18-9-21-11-22-19(14)18/h4-5,7-11,25H,2-3,6H2,1H3,(H,24,26). The summed E-state index contributed by atoms with van der Waals surface area (Å²) in [6.07, 6.45) is 4.51. The Morgan fingerprint density at radius 3 is 3.04 bits per heavy atom. The number of fused-ring (bicyclic) bond motifs is 2. The molecule has 3 aromatic heterocycles. The zero-order valence-corrected chi connectivity index (χ0v) is 16.0. The maximum absolute atomic E-state index is 12.8. The van der Waals surface area contributed by atoms with E-state index in [1.54, 1.807) is 24.8 Å². The van der Waals surface area contributed by atoms with Crippen molar-refractivity contribution in [1.82, 2.24) is 15.0 Å². The minimum atomic E-state index is -0.255. The second kappa shape index (κ2) is 7.87. The first-order valence-corrected chi connectivity index (χ1v) is 9.64. The van der Waals surface area contributed by atoms with Crippen molar-refractivity contribution in [2.45, 2.75) is 12.8 Å². The lowest BCUT2D eigenvalue weighted by molar-refractivity contribution is 0.102. The van der Waals surface area contributed by atoms with Crippen molar-refractivity contribution in [3.63, 3.8) is 0 Å². The van der Waals surface area contributed by atoms with Crippen LogP contribution in [0.1, 0.15) is 22.5 Å². The van der Waals surface area contributed by atoms with E-state index in [9.17, 15) is 4.79 Å². The molecule has 28 heavy (non-hydrogen) atoms. The number of aliphatic hydroxyl groups excluding tert-OH is 1. The fraction of sp³-hybridized carbons (Fsp3) is 0.200. The van der Waals surface area contributed by atoms with Gasteiger partial charge in [0.1, 0.15) is 12.1 Å². The number of hydrogen-bond acceptors (Lipinski definition) is 7. The minimum absolute atomic E-state index is 0.135. The number of rotatable bonds is 6. The number of aryl methyl sites for hydroxylation is 1. The van der Waals surface area contributed by atoms with Crippen molar-refractivity contribution in [1.29, 1.82) is 0 Å². The highest BCUT2D eigenvalue weighted by atomic mass is 32.1. The topological polar surface area (TPSA) is 97.2 Å². The predicted octanol–water partition coefficient (Wildman–Crippen LogP) is 3.43. The van der Waals surface area contributed by atoms with E-state index >= 15 is 0 Å². The highest BCUT2D eigenvalue weighted by molar-refractivity contribution is 7.17. The van der Waals surface area contributed by atoms with Crippen molar-refractivity contribution in [3.8, 4) is 5.75 Å². The molecule has 4 aromatic rings. The summed E-state index contributed by atoms with van der Waals surface area (Å²) in [5.41, 5.74) is 3.39.